The van der Waals surface area contributed by atoms with Crippen molar-refractivity contribution in [1.82, 2.24) is 4.90 Å². The van der Waals surface area contributed by atoms with Gasteiger partial charge in [0, 0.05) is 19.5 Å². The third-order valence-corrected chi connectivity index (χ3v) is 3.89. The van der Waals surface area contributed by atoms with Gasteiger partial charge in [-0.25, -0.2) is 0 Å². The van der Waals surface area contributed by atoms with E-state index in [1.54, 1.807) is 0 Å². The molecule has 3 heteroatoms. The minimum Gasteiger partial charge on any atom is -0.343 e. The SMILES string of the molecule is CCC(CCN)CCC(=O)N(C)C(C)C(C)C. The number of nitrogens with two attached hydrogens (primary N) is 1. The van der Waals surface area contributed by atoms with Crippen LogP contribution in [0.4, 0.5) is 0 Å². The molecule has 17 heavy (non-hydrogen) atoms. The fraction of sp³-hybridized carbons (Fsp3) is 0.929. The van der Waals surface area contributed by atoms with E-state index in [1.165, 1.54) is 0 Å². The van der Waals surface area contributed by atoms with Gasteiger partial charge in [0.05, 0.1) is 0 Å². The third-order valence-electron chi connectivity index (χ3n) is 3.89. The van der Waals surface area contributed by atoms with Gasteiger partial charge < -0.3 is 10.6 Å². The third kappa shape index (κ3) is 6.06. The van der Waals surface area contributed by atoms with E-state index in [-0.39, 0.29) is 5.91 Å². The van der Waals surface area contributed by atoms with Crippen LogP contribution in [0.3, 0.4) is 0 Å². The van der Waals surface area contributed by atoms with Gasteiger partial charge >= 0.3 is 0 Å². The molecule has 0 aliphatic rings. The van der Waals surface area contributed by atoms with Gasteiger partial charge in [0.25, 0.3) is 0 Å². The predicted molar refractivity (Wildman–Crippen MR) is 73.8 cm³/mol. The normalized spacial score (nSPS) is 14.8. The zero-order valence-corrected chi connectivity index (χ0v) is 12.2. The summed E-state index contributed by atoms with van der Waals surface area (Å²) in [6, 6.07) is 0.317. The molecule has 2 unspecified atom stereocenters. The molecule has 0 heterocycles. The minimum absolute atomic E-state index is 0.265. The van der Waals surface area contributed by atoms with Crippen molar-refractivity contribution in [2.24, 2.45) is 17.6 Å². The molecule has 0 aliphatic heterocycles. The van der Waals surface area contributed by atoms with E-state index in [2.05, 4.69) is 27.7 Å². The molecule has 102 valence electrons. The number of hydrogen-bond donors (Lipinski definition) is 1. The molecule has 0 rings (SSSR count). The molecule has 0 saturated heterocycles. The summed E-state index contributed by atoms with van der Waals surface area (Å²) in [5, 5.41) is 0. The second-order valence-electron chi connectivity index (χ2n) is 5.38. The van der Waals surface area contributed by atoms with Crippen LogP contribution < -0.4 is 5.73 Å². The summed E-state index contributed by atoms with van der Waals surface area (Å²) in [6.45, 7) is 9.31. The lowest BCUT2D eigenvalue weighted by Gasteiger charge is -2.28. The number of amides is 1. The van der Waals surface area contributed by atoms with Gasteiger partial charge in [-0.1, -0.05) is 27.2 Å². The molecule has 0 saturated carbocycles. The average Bonchev–Trinajstić information content (AvgIpc) is 2.31. The van der Waals surface area contributed by atoms with Gasteiger partial charge in [0.15, 0.2) is 0 Å². The summed E-state index contributed by atoms with van der Waals surface area (Å²) in [4.78, 5) is 13.9. The number of hydrogen-bond acceptors (Lipinski definition) is 2. The molecule has 1 amide bonds. The highest BCUT2D eigenvalue weighted by molar-refractivity contribution is 5.76. The second-order valence-corrected chi connectivity index (χ2v) is 5.38. The Morgan fingerprint density at radius 1 is 1.24 bits per heavy atom. The van der Waals surface area contributed by atoms with Crippen molar-refractivity contribution < 1.29 is 4.79 Å². The Hall–Kier alpha value is -0.570. The van der Waals surface area contributed by atoms with Crippen molar-refractivity contribution in [1.29, 1.82) is 0 Å². The molecular formula is C14H30N2O. The van der Waals surface area contributed by atoms with Crippen molar-refractivity contribution >= 4 is 5.91 Å². The predicted octanol–water partition coefficient (Wildman–Crippen LogP) is 2.64. The Labute approximate surface area is 107 Å². The molecular weight excluding hydrogens is 212 g/mol. The lowest BCUT2D eigenvalue weighted by atomic mass is 9.96. The Bertz CT molecular complexity index is 216. The first-order valence-electron chi connectivity index (χ1n) is 6.89. The van der Waals surface area contributed by atoms with Crippen molar-refractivity contribution in [3.05, 3.63) is 0 Å². The van der Waals surface area contributed by atoms with Crippen LogP contribution in [-0.4, -0.2) is 30.4 Å². The van der Waals surface area contributed by atoms with Crippen molar-refractivity contribution in [3.8, 4) is 0 Å². The molecule has 2 N–H and O–H groups in total. The van der Waals surface area contributed by atoms with Crippen LogP contribution >= 0.6 is 0 Å². The monoisotopic (exact) mass is 242 g/mol. The summed E-state index contributed by atoms with van der Waals surface area (Å²) in [7, 11) is 1.91. The Balaban J connectivity index is 4.07. The maximum atomic E-state index is 12.0. The Morgan fingerprint density at radius 3 is 2.24 bits per heavy atom. The zero-order chi connectivity index (χ0) is 13.4. The minimum atomic E-state index is 0.265. The summed E-state index contributed by atoms with van der Waals surface area (Å²) >= 11 is 0. The fourth-order valence-electron chi connectivity index (χ4n) is 1.97. The summed E-state index contributed by atoms with van der Waals surface area (Å²) in [5.74, 6) is 1.38. The van der Waals surface area contributed by atoms with Crippen molar-refractivity contribution in [2.45, 2.75) is 59.4 Å². The van der Waals surface area contributed by atoms with Gasteiger partial charge in [-0.3, -0.25) is 4.79 Å². The number of carbonyl (C=O) groups is 1. The average molecular weight is 242 g/mol. The standard InChI is InChI=1S/C14H30N2O/c1-6-13(9-10-15)7-8-14(17)16(5)12(4)11(2)3/h11-13H,6-10,15H2,1-5H3. The molecule has 0 spiro atoms. The van der Waals surface area contributed by atoms with Gasteiger partial charge in [-0.05, 0) is 38.1 Å². The summed E-state index contributed by atoms with van der Waals surface area (Å²) < 4.78 is 0. The van der Waals surface area contributed by atoms with E-state index in [4.69, 9.17) is 5.73 Å². The maximum Gasteiger partial charge on any atom is 0.222 e. The van der Waals surface area contributed by atoms with E-state index in [0.29, 0.717) is 24.3 Å². The van der Waals surface area contributed by atoms with E-state index >= 15 is 0 Å². The van der Waals surface area contributed by atoms with Crippen LogP contribution in [0.5, 0.6) is 0 Å². The Morgan fingerprint density at radius 2 is 1.82 bits per heavy atom. The number of carbonyl (C=O) groups excluding carboxylic acids is 1. The Kier molecular flexibility index (Phi) is 8.23. The fourth-order valence-corrected chi connectivity index (χ4v) is 1.97. The molecule has 0 aromatic heterocycles. The molecule has 0 radical (unpaired) electrons. The van der Waals surface area contributed by atoms with Crippen LogP contribution in [0.2, 0.25) is 0 Å². The lowest BCUT2D eigenvalue weighted by molar-refractivity contribution is -0.132. The largest absolute Gasteiger partial charge is 0.343 e. The van der Waals surface area contributed by atoms with Crippen molar-refractivity contribution in [3.63, 3.8) is 0 Å². The highest BCUT2D eigenvalue weighted by Crippen LogP contribution is 2.17. The van der Waals surface area contributed by atoms with Crippen LogP contribution in [0.25, 0.3) is 0 Å². The topological polar surface area (TPSA) is 46.3 Å². The first-order chi connectivity index (χ1) is 7.93. The van der Waals surface area contributed by atoms with Gasteiger partial charge in [0.2, 0.25) is 5.91 Å². The van der Waals surface area contributed by atoms with E-state index in [0.717, 1.165) is 25.8 Å². The smallest absolute Gasteiger partial charge is 0.222 e. The molecule has 0 aromatic rings. The van der Waals surface area contributed by atoms with Crippen LogP contribution in [0.1, 0.15) is 53.4 Å². The maximum absolute atomic E-state index is 12.0. The molecule has 0 bridgehead atoms. The molecule has 2 atom stereocenters. The van der Waals surface area contributed by atoms with E-state index in [9.17, 15) is 4.79 Å². The zero-order valence-electron chi connectivity index (χ0n) is 12.2. The lowest BCUT2D eigenvalue weighted by Crippen LogP contribution is -2.38. The molecule has 3 nitrogen and oxygen atoms in total. The number of nitrogens with zero attached hydrogens (tertiary/aromatic N) is 1. The molecule has 0 aromatic carbocycles. The van der Waals surface area contributed by atoms with Crippen LogP contribution in [0.15, 0.2) is 0 Å². The van der Waals surface area contributed by atoms with E-state index in [1.807, 2.05) is 11.9 Å². The quantitative estimate of drug-likeness (QED) is 0.711. The highest BCUT2D eigenvalue weighted by Gasteiger charge is 2.19. The van der Waals surface area contributed by atoms with Crippen molar-refractivity contribution in [2.75, 3.05) is 13.6 Å². The summed E-state index contributed by atoms with van der Waals surface area (Å²) in [5.41, 5.74) is 5.56. The number of rotatable bonds is 8. The van der Waals surface area contributed by atoms with E-state index < -0.39 is 0 Å². The highest BCUT2D eigenvalue weighted by atomic mass is 16.2. The molecule has 0 aliphatic carbocycles. The molecule has 0 fully saturated rings. The summed E-state index contributed by atoms with van der Waals surface area (Å²) in [6.07, 6.45) is 3.79. The van der Waals surface area contributed by atoms with Crippen LogP contribution in [0, 0.1) is 11.8 Å². The van der Waals surface area contributed by atoms with Gasteiger partial charge in [0.1, 0.15) is 0 Å². The first kappa shape index (κ1) is 16.4. The van der Waals surface area contributed by atoms with Crippen LogP contribution in [-0.2, 0) is 4.79 Å². The van der Waals surface area contributed by atoms with Gasteiger partial charge in [-0.15, -0.1) is 0 Å². The first-order valence-corrected chi connectivity index (χ1v) is 6.89. The van der Waals surface area contributed by atoms with Gasteiger partial charge in [-0.2, -0.15) is 0 Å². The second kappa shape index (κ2) is 8.51.